The summed E-state index contributed by atoms with van der Waals surface area (Å²) in [5.74, 6) is 0.851. The lowest BCUT2D eigenvalue weighted by atomic mass is 10.1. The van der Waals surface area contributed by atoms with Crippen molar-refractivity contribution >= 4 is 22.4 Å². The molecule has 1 aromatic heterocycles. The number of nitrogens with one attached hydrogen (secondary N) is 1. The lowest BCUT2D eigenvalue weighted by Crippen LogP contribution is -2.12. The second-order valence-electron chi connectivity index (χ2n) is 7.11. The fourth-order valence-corrected chi connectivity index (χ4v) is 3.56. The van der Waals surface area contributed by atoms with Crippen LogP contribution in [0.5, 0.6) is 5.75 Å². The van der Waals surface area contributed by atoms with Crippen LogP contribution in [0.15, 0.2) is 41.8 Å². The number of anilines is 1. The van der Waals surface area contributed by atoms with Crippen molar-refractivity contribution in [3.8, 4) is 17.0 Å². The molecule has 0 aliphatic carbocycles. The molecule has 0 radical (unpaired) electrons. The number of rotatable bonds is 7. The topological polar surface area (TPSA) is 51.2 Å². The van der Waals surface area contributed by atoms with E-state index in [0.29, 0.717) is 24.6 Å². The number of aromatic nitrogens is 1. The predicted octanol–water partition coefficient (Wildman–Crippen LogP) is 5.84. The Morgan fingerprint density at radius 3 is 2.61 bits per heavy atom. The van der Waals surface area contributed by atoms with Gasteiger partial charge in [0, 0.05) is 17.4 Å². The quantitative estimate of drug-likeness (QED) is 0.512. The molecule has 1 N–H and O–H groups in total. The zero-order chi connectivity index (χ0) is 20.1. The molecular weight excluding hydrogens is 368 g/mol. The summed E-state index contributed by atoms with van der Waals surface area (Å²) < 4.78 is 5.81. The Balaban J connectivity index is 1.48. The first kappa shape index (κ1) is 20.1. The summed E-state index contributed by atoms with van der Waals surface area (Å²) in [5, 5.41) is 5.50. The van der Waals surface area contributed by atoms with Gasteiger partial charge in [0.1, 0.15) is 5.75 Å². The van der Waals surface area contributed by atoms with Crippen molar-refractivity contribution in [2.45, 2.75) is 40.5 Å². The van der Waals surface area contributed by atoms with Crippen LogP contribution < -0.4 is 10.1 Å². The van der Waals surface area contributed by atoms with Crippen molar-refractivity contribution in [1.29, 1.82) is 0 Å². The van der Waals surface area contributed by atoms with E-state index < -0.39 is 0 Å². The van der Waals surface area contributed by atoms with E-state index in [1.165, 1.54) is 28.0 Å². The average molecular weight is 395 g/mol. The molecule has 0 aliphatic rings. The zero-order valence-electron chi connectivity index (χ0n) is 16.8. The van der Waals surface area contributed by atoms with Crippen LogP contribution >= 0.6 is 11.3 Å². The van der Waals surface area contributed by atoms with Crippen LogP contribution in [0.1, 0.15) is 35.1 Å². The summed E-state index contributed by atoms with van der Waals surface area (Å²) in [7, 11) is 0. The Morgan fingerprint density at radius 2 is 1.82 bits per heavy atom. The fraction of sp³-hybridized carbons (Fsp3) is 0.304. The lowest BCUT2D eigenvalue weighted by molar-refractivity contribution is -0.116. The molecule has 5 heteroatoms. The van der Waals surface area contributed by atoms with Crippen molar-refractivity contribution in [2.75, 3.05) is 11.9 Å². The summed E-state index contributed by atoms with van der Waals surface area (Å²) in [4.78, 5) is 16.7. The summed E-state index contributed by atoms with van der Waals surface area (Å²) in [5.41, 5.74) is 6.73. The number of ether oxygens (including phenoxy) is 1. The van der Waals surface area contributed by atoms with Gasteiger partial charge < -0.3 is 10.1 Å². The minimum absolute atomic E-state index is 0.0365. The van der Waals surface area contributed by atoms with Gasteiger partial charge in [-0.15, -0.1) is 11.3 Å². The van der Waals surface area contributed by atoms with Gasteiger partial charge in [-0.3, -0.25) is 4.79 Å². The molecule has 3 rings (SSSR count). The third-order valence-electron chi connectivity index (χ3n) is 4.70. The highest BCUT2D eigenvalue weighted by Crippen LogP contribution is 2.26. The van der Waals surface area contributed by atoms with Crippen molar-refractivity contribution in [1.82, 2.24) is 4.98 Å². The molecule has 0 unspecified atom stereocenters. The van der Waals surface area contributed by atoms with Gasteiger partial charge in [0.15, 0.2) is 5.13 Å². The number of aryl methyl sites for hydroxylation is 4. The van der Waals surface area contributed by atoms with E-state index >= 15 is 0 Å². The summed E-state index contributed by atoms with van der Waals surface area (Å²) >= 11 is 1.45. The van der Waals surface area contributed by atoms with Crippen LogP contribution in [0.4, 0.5) is 5.13 Å². The zero-order valence-corrected chi connectivity index (χ0v) is 17.7. The van der Waals surface area contributed by atoms with Gasteiger partial charge in [-0.25, -0.2) is 4.98 Å². The highest BCUT2D eigenvalue weighted by molar-refractivity contribution is 7.14. The minimum Gasteiger partial charge on any atom is -0.493 e. The Labute approximate surface area is 170 Å². The number of nitrogens with zero attached hydrogens (tertiary/aromatic N) is 1. The van der Waals surface area contributed by atoms with E-state index in [1.807, 2.05) is 31.4 Å². The van der Waals surface area contributed by atoms with Gasteiger partial charge >= 0.3 is 0 Å². The molecule has 0 fully saturated rings. The van der Waals surface area contributed by atoms with E-state index in [1.54, 1.807) is 0 Å². The third-order valence-corrected chi connectivity index (χ3v) is 5.46. The summed E-state index contributed by atoms with van der Waals surface area (Å²) in [6, 6.07) is 12.4. The van der Waals surface area contributed by atoms with Crippen molar-refractivity contribution < 1.29 is 9.53 Å². The monoisotopic (exact) mass is 394 g/mol. The number of hydrogen-bond donors (Lipinski definition) is 1. The predicted molar refractivity (Wildman–Crippen MR) is 116 cm³/mol. The normalized spacial score (nSPS) is 10.7. The van der Waals surface area contributed by atoms with Crippen molar-refractivity contribution in [2.24, 2.45) is 0 Å². The van der Waals surface area contributed by atoms with Crippen LogP contribution in [-0.2, 0) is 4.79 Å². The Hall–Kier alpha value is -2.66. The molecule has 2 aromatic carbocycles. The average Bonchev–Trinajstić information content (AvgIpc) is 3.12. The van der Waals surface area contributed by atoms with Gasteiger partial charge in [0.25, 0.3) is 0 Å². The number of hydrogen-bond acceptors (Lipinski definition) is 4. The second-order valence-corrected chi connectivity index (χ2v) is 7.96. The van der Waals surface area contributed by atoms with E-state index in [0.717, 1.165) is 22.6 Å². The summed E-state index contributed by atoms with van der Waals surface area (Å²) in [6.07, 6.45) is 1.07. The number of carbonyl (C=O) groups excluding carboxylic acids is 1. The first-order valence-electron chi connectivity index (χ1n) is 9.45. The largest absolute Gasteiger partial charge is 0.493 e. The Morgan fingerprint density at radius 1 is 1.04 bits per heavy atom. The fourth-order valence-electron chi connectivity index (χ4n) is 2.82. The molecule has 4 nitrogen and oxygen atoms in total. The smallest absolute Gasteiger partial charge is 0.226 e. The second kappa shape index (κ2) is 9.02. The lowest BCUT2D eigenvalue weighted by Gasteiger charge is -2.09. The highest BCUT2D eigenvalue weighted by Gasteiger charge is 2.09. The van der Waals surface area contributed by atoms with E-state index in [4.69, 9.17) is 4.74 Å². The van der Waals surface area contributed by atoms with Crippen LogP contribution in [0.3, 0.4) is 0 Å². The molecule has 0 atom stereocenters. The highest BCUT2D eigenvalue weighted by atomic mass is 32.1. The van der Waals surface area contributed by atoms with Gasteiger partial charge in [0.2, 0.25) is 5.91 Å². The van der Waals surface area contributed by atoms with E-state index in [-0.39, 0.29) is 5.91 Å². The van der Waals surface area contributed by atoms with Crippen molar-refractivity contribution in [3.63, 3.8) is 0 Å². The molecule has 1 amide bonds. The number of carbonyl (C=O) groups is 1. The van der Waals surface area contributed by atoms with E-state index in [9.17, 15) is 4.79 Å². The molecule has 146 valence electrons. The maximum atomic E-state index is 12.2. The molecule has 0 saturated carbocycles. The maximum Gasteiger partial charge on any atom is 0.226 e. The number of benzene rings is 2. The van der Waals surface area contributed by atoms with Gasteiger partial charge in [0.05, 0.1) is 12.3 Å². The maximum absolute atomic E-state index is 12.2. The molecule has 0 saturated heterocycles. The minimum atomic E-state index is -0.0365. The van der Waals surface area contributed by atoms with Crippen LogP contribution in [0.2, 0.25) is 0 Å². The number of amides is 1. The first-order chi connectivity index (χ1) is 13.4. The molecule has 1 heterocycles. The Bertz CT molecular complexity index is 978. The third kappa shape index (κ3) is 5.20. The molecule has 0 bridgehead atoms. The van der Waals surface area contributed by atoms with E-state index in [2.05, 4.69) is 48.4 Å². The molecular formula is C23H26N2O2S. The van der Waals surface area contributed by atoms with Gasteiger partial charge in [-0.2, -0.15) is 0 Å². The standard InChI is InChI=1S/C23H26N2O2S/c1-15-7-8-17(3)21(12-15)27-11-5-6-22(26)25-23-24-20(14-28-23)19-10-9-16(2)18(4)13-19/h7-10,12-14H,5-6,11H2,1-4H3,(H,24,25,26). The van der Waals surface area contributed by atoms with Crippen LogP contribution in [0.25, 0.3) is 11.3 Å². The van der Waals surface area contributed by atoms with Crippen molar-refractivity contribution in [3.05, 3.63) is 64.0 Å². The summed E-state index contributed by atoms with van der Waals surface area (Å²) in [6.45, 7) is 8.77. The molecule has 0 spiro atoms. The van der Waals surface area contributed by atoms with Crippen LogP contribution in [0, 0.1) is 27.7 Å². The van der Waals surface area contributed by atoms with Gasteiger partial charge in [-0.05, 0) is 68.5 Å². The SMILES string of the molecule is Cc1ccc(C)c(OCCCC(=O)Nc2nc(-c3ccc(C)c(C)c3)cs2)c1. The van der Waals surface area contributed by atoms with Gasteiger partial charge in [-0.1, -0.05) is 24.3 Å². The van der Waals surface area contributed by atoms with Crippen LogP contribution in [-0.4, -0.2) is 17.5 Å². The molecule has 0 aliphatic heterocycles. The molecule has 28 heavy (non-hydrogen) atoms. The Kier molecular flexibility index (Phi) is 6.47. The number of thiazole rings is 1. The molecule has 3 aromatic rings. The first-order valence-corrected chi connectivity index (χ1v) is 10.3.